The molecule has 15 heavy (non-hydrogen) atoms. The van der Waals surface area contributed by atoms with Crippen LogP contribution in [-0.4, -0.2) is 11.9 Å². The average molecular weight is 271 g/mol. The molecule has 0 bridgehead atoms. The van der Waals surface area contributed by atoms with Crippen molar-refractivity contribution in [1.82, 2.24) is 0 Å². The Morgan fingerprint density at radius 1 is 1.40 bits per heavy atom. The van der Waals surface area contributed by atoms with Gasteiger partial charge in [-0.1, -0.05) is 28.1 Å². The largest absolute Gasteiger partial charge is 0.393 e. The number of rotatable bonds is 2. The molecule has 1 aromatic carbocycles. The average Bonchev–Trinajstić information content (AvgIpc) is 2.15. The summed E-state index contributed by atoms with van der Waals surface area (Å²) in [5.74, 6) is -1.55. The molecule has 0 amide bonds. The van der Waals surface area contributed by atoms with Gasteiger partial charge < -0.3 is 4.74 Å². The lowest BCUT2D eigenvalue weighted by molar-refractivity contribution is -0.158. The summed E-state index contributed by atoms with van der Waals surface area (Å²) in [7, 11) is 0. The molecule has 3 nitrogen and oxygen atoms in total. The topological polar surface area (TPSA) is 43.4 Å². The molecular weight excluding hydrogens is 260 g/mol. The van der Waals surface area contributed by atoms with Gasteiger partial charge in [0.15, 0.2) is 0 Å². The van der Waals surface area contributed by atoms with Crippen LogP contribution in [0.2, 0.25) is 0 Å². The van der Waals surface area contributed by atoms with Crippen molar-refractivity contribution in [3.63, 3.8) is 0 Å². The Hall–Kier alpha value is -1.16. The molecule has 1 aromatic rings. The molecular formula is C11H11BrO3. The monoisotopic (exact) mass is 270 g/mol. The molecule has 0 radical (unpaired) electrons. The Labute approximate surface area is 96.6 Å². The quantitative estimate of drug-likeness (QED) is 0.613. The lowest BCUT2D eigenvalue weighted by Crippen LogP contribution is -2.15. The predicted molar refractivity (Wildman–Crippen MR) is 59.3 cm³/mol. The maximum atomic E-state index is 11.4. The van der Waals surface area contributed by atoms with Crippen LogP contribution < -0.4 is 0 Å². The van der Waals surface area contributed by atoms with Gasteiger partial charge in [0.1, 0.15) is 0 Å². The fourth-order valence-corrected chi connectivity index (χ4v) is 1.56. The summed E-state index contributed by atoms with van der Waals surface area (Å²) >= 11 is 3.31. The fraction of sp³-hybridized carbons (Fsp3) is 0.273. The van der Waals surface area contributed by atoms with Gasteiger partial charge >= 0.3 is 11.9 Å². The van der Waals surface area contributed by atoms with Crippen LogP contribution in [0.3, 0.4) is 0 Å². The first kappa shape index (κ1) is 11.9. The van der Waals surface area contributed by atoms with E-state index in [9.17, 15) is 9.59 Å². The van der Waals surface area contributed by atoms with E-state index < -0.39 is 17.9 Å². The molecule has 0 saturated carbocycles. The van der Waals surface area contributed by atoms with Crippen LogP contribution in [0.5, 0.6) is 0 Å². The van der Waals surface area contributed by atoms with Gasteiger partial charge in [0.05, 0.1) is 5.92 Å². The number of benzene rings is 1. The van der Waals surface area contributed by atoms with E-state index in [1.807, 2.05) is 24.3 Å². The fourth-order valence-electron chi connectivity index (χ4n) is 1.14. The van der Waals surface area contributed by atoms with Gasteiger partial charge in [-0.05, 0) is 24.6 Å². The highest BCUT2D eigenvalue weighted by molar-refractivity contribution is 9.10. The van der Waals surface area contributed by atoms with Crippen LogP contribution in [-0.2, 0) is 14.3 Å². The number of ether oxygens (including phenoxy) is 1. The van der Waals surface area contributed by atoms with Crippen molar-refractivity contribution in [2.24, 2.45) is 0 Å². The van der Waals surface area contributed by atoms with E-state index in [0.29, 0.717) is 0 Å². The smallest absolute Gasteiger partial charge is 0.320 e. The molecule has 0 heterocycles. The highest BCUT2D eigenvalue weighted by Crippen LogP contribution is 2.20. The van der Waals surface area contributed by atoms with Crippen molar-refractivity contribution in [3.05, 3.63) is 34.3 Å². The third-order valence-electron chi connectivity index (χ3n) is 1.95. The third kappa shape index (κ3) is 3.47. The minimum absolute atomic E-state index is 0.439. The molecule has 0 spiro atoms. The van der Waals surface area contributed by atoms with Crippen molar-refractivity contribution >= 4 is 27.9 Å². The first-order valence-electron chi connectivity index (χ1n) is 4.48. The van der Waals surface area contributed by atoms with E-state index in [1.165, 1.54) is 6.92 Å². The molecule has 0 aliphatic rings. The number of hydrogen-bond donors (Lipinski definition) is 0. The minimum atomic E-state index is -0.582. The van der Waals surface area contributed by atoms with E-state index in [-0.39, 0.29) is 0 Å². The van der Waals surface area contributed by atoms with Crippen LogP contribution >= 0.6 is 15.9 Å². The first-order chi connectivity index (χ1) is 7.00. The van der Waals surface area contributed by atoms with Crippen molar-refractivity contribution in [2.75, 3.05) is 0 Å². The Morgan fingerprint density at radius 3 is 2.60 bits per heavy atom. The van der Waals surface area contributed by atoms with Crippen molar-refractivity contribution in [1.29, 1.82) is 0 Å². The van der Waals surface area contributed by atoms with Crippen LogP contribution in [0.15, 0.2) is 28.7 Å². The molecule has 0 N–H and O–H groups in total. The summed E-state index contributed by atoms with van der Waals surface area (Å²) in [4.78, 5) is 22.0. The Morgan fingerprint density at radius 2 is 2.07 bits per heavy atom. The zero-order valence-corrected chi connectivity index (χ0v) is 10.1. The molecule has 1 atom stereocenters. The van der Waals surface area contributed by atoms with Crippen LogP contribution in [0, 0.1) is 0 Å². The second-order valence-corrected chi connectivity index (χ2v) is 4.11. The van der Waals surface area contributed by atoms with Gasteiger partial charge in [0.25, 0.3) is 0 Å². The van der Waals surface area contributed by atoms with Crippen molar-refractivity contribution in [2.45, 2.75) is 19.8 Å². The number of esters is 2. The zero-order valence-electron chi connectivity index (χ0n) is 8.49. The van der Waals surface area contributed by atoms with E-state index >= 15 is 0 Å². The molecule has 1 unspecified atom stereocenters. The van der Waals surface area contributed by atoms with Gasteiger partial charge in [0.2, 0.25) is 0 Å². The summed E-state index contributed by atoms with van der Waals surface area (Å²) in [6.45, 7) is 2.92. The van der Waals surface area contributed by atoms with Gasteiger partial charge in [-0.25, -0.2) is 0 Å². The van der Waals surface area contributed by atoms with Crippen LogP contribution in [0.1, 0.15) is 25.3 Å². The summed E-state index contributed by atoms with van der Waals surface area (Å²) in [6.07, 6.45) is 0. The number of carbonyl (C=O) groups is 2. The lowest BCUT2D eigenvalue weighted by atomic mass is 10.0. The molecule has 0 aromatic heterocycles. The SMILES string of the molecule is CC(=O)OC(=O)C(C)c1cccc(Br)c1. The Bertz CT molecular complexity index is 387. The summed E-state index contributed by atoms with van der Waals surface area (Å²) in [6, 6.07) is 7.34. The van der Waals surface area contributed by atoms with Gasteiger partial charge in [-0.15, -0.1) is 0 Å². The highest BCUT2D eigenvalue weighted by Gasteiger charge is 2.18. The van der Waals surface area contributed by atoms with Crippen LogP contribution in [0.25, 0.3) is 0 Å². The highest BCUT2D eigenvalue weighted by atomic mass is 79.9. The van der Waals surface area contributed by atoms with E-state index in [2.05, 4.69) is 20.7 Å². The molecule has 0 saturated heterocycles. The summed E-state index contributed by atoms with van der Waals surface area (Å²) < 4.78 is 5.40. The first-order valence-corrected chi connectivity index (χ1v) is 5.27. The number of halogens is 1. The molecule has 0 aliphatic carbocycles. The van der Waals surface area contributed by atoms with Gasteiger partial charge in [-0.3, -0.25) is 9.59 Å². The minimum Gasteiger partial charge on any atom is -0.393 e. The van der Waals surface area contributed by atoms with Crippen molar-refractivity contribution in [3.8, 4) is 0 Å². The summed E-state index contributed by atoms with van der Waals surface area (Å²) in [5.41, 5.74) is 0.815. The maximum absolute atomic E-state index is 11.4. The van der Waals surface area contributed by atoms with Crippen molar-refractivity contribution < 1.29 is 14.3 Å². The van der Waals surface area contributed by atoms with E-state index in [4.69, 9.17) is 0 Å². The molecule has 0 aliphatic heterocycles. The van der Waals surface area contributed by atoms with Gasteiger partial charge in [0, 0.05) is 11.4 Å². The second-order valence-electron chi connectivity index (χ2n) is 3.19. The summed E-state index contributed by atoms with van der Waals surface area (Å²) in [5, 5.41) is 0. The Balaban J connectivity index is 2.80. The third-order valence-corrected chi connectivity index (χ3v) is 2.44. The second kappa shape index (κ2) is 5.07. The molecule has 80 valence electrons. The maximum Gasteiger partial charge on any atom is 0.320 e. The normalized spacial score (nSPS) is 11.9. The zero-order chi connectivity index (χ0) is 11.4. The molecule has 1 rings (SSSR count). The number of carbonyl (C=O) groups excluding carboxylic acids is 2. The van der Waals surface area contributed by atoms with Gasteiger partial charge in [-0.2, -0.15) is 0 Å². The van der Waals surface area contributed by atoms with Crippen LogP contribution in [0.4, 0.5) is 0 Å². The molecule has 0 fully saturated rings. The predicted octanol–water partition coefficient (Wildman–Crippen LogP) is 2.64. The van der Waals surface area contributed by atoms with E-state index in [1.54, 1.807) is 6.92 Å². The molecule has 4 heteroatoms. The Kier molecular flexibility index (Phi) is 4.03. The lowest BCUT2D eigenvalue weighted by Gasteiger charge is -2.09. The number of hydrogen-bond acceptors (Lipinski definition) is 3. The standard InChI is InChI=1S/C11H11BrO3/c1-7(11(14)15-8(2)13)9-4-3-5-10(12)6-9/h3-7H,1-2H3. The van der Waals surface area contributed by atoms with E-state index in [0.717, 1.165) is 10.0 Å².